The zero-order chi connectivity index (χ0) is 15.9. The molecule has 0 N–H and O–H groups in total. The van der Waals surface area contributed by atoms with Crippen LogP contribution in [0.3, 0.4) is 0 Å². The van der Waals surface area contributed by atoms with E-state index in [1.807, 2.05) is 4.90 Å². The van der Waals surface area contributed by atoms with Crippen molar-refractivity contribution in [2.24, 2.45) is 11.8 Å². The molecule has 0 radical (unpaired) electrons. The molecule has 2 saturated heterocycles. The van der Waals surface area contributed by atoms with Gasteiger partial charge in [0.2, 0.25) is 11.8 Å². The minimum absolute atomic E-state index is 0.0766. The van der Waals surface area contributed by atoms with Crippen LogP contribution < -0.4 is 0 Å². The van der Waals surface area contributed by atoms with E-state index in [4.69, 9.17) is 4.74 Å². The summed E-state index contributed by atoms with van der Waals surface area (Å²) in [4.78, 5) is 28.1. The van der Waals surface area contributed by atoms with Crippen LogP contribution in [0.1, 0.15) is 32.1 Å². The first-order valence-corrected chi connectivity index (χ1v) is 8.32. The summed E-state index contributed by atoms with van der Waals surface area (Å²) in [5.41, 5.74) is 0. The number of piperidine rings is 1. The van der Waals surface area contributed by atoms with Gasteiger partial charge in [-0.1, -0.05) is 6.08 Å². The molecule has 5 nitrogen and oxygen atoms in total. The molecule has 0 aromatic heterocycles. The number of methoxy groups -OCH3 is 1. The Labute approximate surface area is 133 Å². The minimum atomic E-state index is -0.155. The van der Waals surface area contributed by atoms with Gasteiger partial charge in [0.1, 0.15) is 0 Å². The van der Waals surface area contributed by atoms with E-state index >= 15 is 0 Å². The third-order valence-corrected chi connectivity index (χ3v) is 4.80. The maximum Gasteiger partial charge on any atom is 0.227 e. The van der Waals surface area contributed by atoms with Gasteiger partial charge in [-0.05, 0) is 31.6 Å². The monoisotopic (exact) mass is 308 g/mol. The summed E-state index contributed by atoms with van der Waals surface area (Å²) in [6, 6.07) is 0. The molecule has 22 heavy (non-hydrogen) atoms. The fourth-order valence-electron chi connectivity index (χ4n) is 3.49. The number of nitrogens with zero attached hydrogens (tertiary/aromatic N) is 2. The first-order valence-electron chi connectivity index (χ1n) is 8.32. The lowest BCUT2D eigenvalue weighted by molar-refractivity contribution is -0.137. The molecule has 1 atom stereocenters. The fourth-order valence-corrected chi connectivity index (χ4v) is 3.49. The maximum atomic E-state index is 12.6. The van der Waals surface area contributed by atoms with Gasteiger partial charge in [0, 0.05) is 46.3 Å². The van der Waals surface area contributed by atoms with Crippen molar-refractivity contribution < 1.29 is 14.3 Å². The molecule has 2 aliphatic heterocycles. The SMILES string of the molecule is C=CCN1C[C@@H](C(=O)N2CCC(CCCOC)CC2)CC1=O. The van der Waals surface area contributed by atoms with Crippen molar-refractivity contribution in [3.05, 3.63) is 12.7 Å². The number of hydrogen-bond donors (Lipinski definition) is 0. The lowest BCUT2D eigenvalue weighted by Gasteiger charge is -2.33. The van der Waals surface area contributed by atoms with Crippen LogP contribution in [0, 0.1) is 11.8 Å². The van der Waals surface area contributed by atoms with Gasteiger partial charge in [0.25, 0.3) is 0 Å². The molecule has 0 bridgehead atoms. The van der Waals surface area contributed by atoms with Crippen LogP contribution in [0.5, 0.6) is 0 Å². The topological polar surface area (TPSA) is 49.9 Å². The van der Waals surface area contributed by atoms with Gasteiger partial charge in [0.05, 0.1) is 5.92 Å². The molecule has 2 aliphatic rings. The van der Waals surface area contributed by atoms with Gasteiger partial charge in [-0.25, -0.2) is 0 Å². The number of amides is 2. The average molecular weight is 308 g/mol. The summed E-state index contributed by atoms with van der Waals surface area (Å²) in [6.07, 6.45) is 6.52. The summed E-state index contributed by atoms with van der Waals surface area (Å²) in [5.74, 6) is 0.794. The maximum absolute atomic E-state index is 12.6. The van der Waals surface area contributed by atoms with E-state index in [0.29, 0.717) is 25.4 Å². The van der Waals surface area contributed by atoms with Crippen LogP contribution in [0.25, 0.3) is 0 Å². The highest BCUT2D eigenvalue weighted by Gasteiger charge is 2.36. The normalized spacial score (nSPS) is 23.1. The molecule has 5 heteroatoms. The van der Waals surface area contributed by atoms with Gasteiger partial charge in [-0.2, -0.15) is 0 Å². The van der Waals surface area contributed by atoms with Crippen molar-refractivity contribution in [3.8, 4) is 0 Å². The Morgan fingerprint density at radius 3 is 2.77 bits per heavy atom. The Hall–Kier alpha value is -1.36. The molecule has 124 valence electrons. The smallest absolute Gasteiger partial charge is 0.227 e. The van der Waals surface area contributed by atoms with Crippen molar-refractivity contribution >= 4 is 11.8 Å². The van der Waals surface area contributed by atoms with E-state index < -0.39 is 0 Å². The lowest BCUT2D eigenvalue weighted by atomic mass is 9.91. The van der Waals surface area contributed by atoms with Gasteiger partial charge >= 0.3 is 0 Å². The van der Waals surface area contributed by atoms with E-state index in [9.17, 15) is 9.59 Å². The summed E-state index contributed by atoms with van der Waals surface area (Å²) in [5, 5.41) is 0. The van der Waals surface area contributed by atoms with E-state index in [1.165, 1.54) is 6.42 Å². The van der Waals surface area contributed by atoms with E-state index in [2.05, 4.69) is 6.58 Å². The van der Waals surface area contributed by atoms with Crippen molar-refractivity contribution in [1.82, 2.24) is 9.80 Å². The van der Waals surface area contributed by atoms with Gasteiger partial charge in [-0.3, -0.25) is 9.59 Å². The number of carbonyl (C=O) groups is 2. The van der Waals surface area contributed by atoms with Crippen LogP contribution in [0.2, 0.25) is 0 Å². The van der Waals surface area contributed by atoms with Crippen molar-refractivity contribution in [2.45, 2.75) is 32.1 Å². The van der Waals surface area contributed by atoms with E-state index in [1.54, 1.807) is 18.1 Å². The molecule has 0 aliphatic carbocycles. The van der Waals surface area contributed by atoms with Crippen molar-refractivity contribution in [3.63, 3.8) is 0 Å². The molecule has 0 saturated carbocycles. The average Bonchev–Trinajstić information content (AvgIpc) is 2.89. The Kier molecular flexibility index (Phi) is 6.43. The van der Waals surface area contributed by atoms with Crippen LogP contribution in [0.4, 0.5) is 0 Å². The summed E-state index contributed by atoms with van der Waals surface area (Å²) >= 11 is 0. The van der Waals surface area contributed by atoms with Crippen LogP contribution in [-0.2, 0) is 14.3 Å². The first kappa shape index (κ1) is 17.0. The molecule has 0 aromatic carbocycles. The minimum Gasteiger partial charge on any atom is -0.385 e. The molecular formula is C17H28N2O3. The van der Waals surface area contributed by atoms with Crippen LogP contribution >= 0.6 is 0 Å². The zero-order valence-corrected chi connectivity index (χ0v) is 13.6. The molecule has 0 spiro atoms. The zero-order valence-electron chi connectivity index (χ0n) is 13.6. The predicted octanol–water partition coefficient (Wildman–Crippen LogP) is 1.69. The summed E-state index contributed by atoms with van der Waals surface area (Å²) in [6.45, 7) is 7.25. The molecule has 0 unspecified atom stereocenters. The van der Waals surface area contributed by atoms with Crippen LogP contribution in [-0.4, -0.2) is 61.5 Å². The highest BCUT2D eigenvalue weighted by Crippen LogP contribution is 2.26. The highest BCUT2D eigenvalue weighted by atomic mass is 16.5. The molecule has 2 fully saturated rings. The fraction of sp³-hybridized carbons (Fsp3) is 0.765. The summed E-state index contributed by atoms with van der Waals surface area (Å²) < 4.78 is 5.09. The molecule has 2 heterocycles. The summed E-state index contributed by atoms with van der Waals surface area (Å²) in [7, 11) is 1.74. The number of ether oxygens (including phenoxy) is 1. The molecule has 2 amide bonds. The Bertz CT molecular complexity index is 403. The Morgan fingerprint density at radius 1 is 1.41 bits per heavy atom. The second-order valence-electron chi connectivity index (χ2n) is 6.39. The number of carbonyl (C=O) groups excluding carboxylic acids is 2. The number of hydrogen-bond acceptors (Lipinski definition) is 3. The van der Waals surface area contributed by atoms with Gasteiger partial charge in [-0.15, -0.1) is 6.58 Å². The standard InChI is InChI=1S/C17H28N2O3/c1-3-8-19-13-15(12-16(19)20)17(21)18-9-6-14(7-10-18)5-4-11-22-2/h3,14-15H,1,4-13H2,2H3/t15-/m0/s1. The number of rotatable bonds is 7. The van der Waals surface area contributed by atoms with Crippen molar-refractivity contribution in [2.75, 3.05) is 39.9 Å². The van der Waals surface area contributed by atoms with Crippen LogP contribution in [0.15, 0.2) is 12.7 Å². The quantitative estimate of drug-likeness (QED) is 0.531. The molecular weight excluding hydrogens is 280 g/mol. The first-order chi connectivity index (χ1) is 10.7. The van der Waals surface area contributed by atoms with Gasteiger partial charge in [0.15, 0.2) is 0 Å². The van der Waals surface area contributed by atoms with Crippen molar-refractivity contribution in [1.29, 1.82) is 0 Å². The third-order valence-electron chi connectivity index (χ3n) is 4.80. The molecule has 0 aromatic rings. The Balaban J connectivity index is 1.76. The van der Waals surface area contributed by atoms with E-state index in [-0.39, 0.29) is 17.7 Å². The number of likely N-dealkylation sites (tertiary alicyclic amines) is 2. The van der Waals surface area contributed by atoms with E-state index in [0.717, 1.165) is 39.0 Å². The second-order valence-corrected chi connectivity index (χ2v) is 6.39. The molecule has 2 rings (SSSR count). The Morgan fingerprint density at radius 2 is 2.14 bits per heavy atom. The predicted molar refractivity (Wildman–Crippen MR) is 85.3 cm³/mol. The second kappa shape index (κ2) is 8.32. The third kappa shape index (κ3) is 4.32. The largest absolute Gasteiger partial charge is 0.385 e. The highest BCUT2D eigenvalue weighted by molar-refractivity contribution is 5.89. The van der Waals surface area contributed by atoms with Gasteiger partial charge < -0.3 is 14.5 Å². The lowest BCUT2D eigenvalue weighted by Crippen LogP contribution is -2.42.